The fourth-order valence-electron chi connectivity index (χ4n) is 1.07. The third kappa shape index (κ3) is 2.43. The van der Waals surface area contributed by atoms with Crippen molar-refractivity contribution < 1.29 is 10.2 Å². The van der Waals surface area contributed by atoms with Crippen LogP contribution in [-0.2, 0) is 0 Å². The number of benzene rings is 1. The van der Waals surface area contributed by atoms with Crippen LogP contribution in [0.25, 0.3) is 0 Å². The topological polar surface area (TPSA) is 52.5 Å². The molecular weight excluding hydrogens is 154 g/mol. The van der Waals surface area contributed by atoms with Gasteiger partial charge in [0.25, 0.3) is 0 Å². The Labute approximate surface area is 71.7 Å². The lowest BCUT2D eigenvalue weighted by Crippen LogP contribution is -2.05. The molecule has 3 N–H and O–H groups in total. The molecule has 0 fully saturated rings. The van der Waals surface area contributed by atoms with Crippen LogP contribution < -0.4 is 5.32 Å². The van der Waals surface area contributed by atoms with Crippen LogP contribution in [0, 0.1) is 6.92 Å². The molecule has 0 saturated heterocycles. The summed E-state index contributed by atoms with van der Waals surface area (Å²) in [6.07, 6.45) is 0. The van der Waals surface area contributed by atoms with E-state index in [1.54, 1.807) is 12.1 Å². The van der Waals surface area contributed by atoms with Crippen molar-refractivity contribution in [3.63, 3.8) is 0 Å². The highest BCUT2D eigenvalue weighted by Crippen LogP contribution is 2.18. The molecule has 1 aromatic rings. The number of nitrogens with one attached hydrogen (secondary N) is 1. The number of aliphatic hydroxyl groups excluding tert-OH is 1. The molecule has 3 nitrogen and oxygen atoms in total. The first-order chi connectivity index (χ1) is 5.72. The van der Waals surface area contributed by atoms with Gasteiger partial charge in [0.05, 0.1) is 6.61 Å². The third-order valence-corrected chi connectivity index (χ3v) is 1.50. The van der Waals surface area contributed by atoms with Gasteiger partial charge < -0.3 is 15.5 Å². The van der Waals surface area contributed by atoms with Gasteiger partial charge in [0.1, 0.15) is 5.75 Å². The van der Waals surface area contributed by atoms with E-state index in [1.165, 1.54) is 0 Å². The fourth-order valence-corrected chi connectivity index (χ4v) is 1.07. The summed E-state index contributed by atoms with van der Waals surface area (Å²) in [6.45, 7) is 2.50. The van der Waals surface area contributed by atoms with Crippen molar-refractivity contribution in [2.45, 2.75) is 6.92 Å². The minimum absolute atomic E-state index is 0.0920. The second-order valence-corrected chi connectivity index (χ2v) is 2.71. The lowest BCUT2D eigenvalue weighted by molar-refractivity contribution is 0.311. The van der Waals surface area contributed by atoms with Crippen LogP contribution in [-0.4, -0.2) is 23.4 Å². The Hall–Kier alpha value is -1.22. The lowest BCUT2D eigenvalue weighted by Gasteiger charge is -2.05. The smallest absolute Gasteiger partial charge is 0.117 e. The molecule has 1 aromatic carbocycles. The molecule has 0 radical (unpaired) electrons. The monoisotopic (exact) mass is 167 g/mol. The second-order valence-electron chi connectivity index (χ2n) is 2.71. The Morgan fingerprint density at radius 2 is 2.08 bits per heavy atom. The minimum Gasteiger partial charge on any atom is -0.508 e. The highest BCUT2D eigenvalue weighted by atomic mass is 16.3. The maximum absolute atomic E-state index is 9.19. The molecular formula is C9H13NO2. The molecule has 0 atom stereocenters. The van der Waals surface area contributed by atoms with Crippen LogP contribution in [0.2, 0.25) is 0 Å². The Balaban J connectivity index is 2.72. The van der Waals surface area contributed by atoms with E-state index in [2.05, 4.69) is 5.32 Å². The summed E-state index contributed by atoms with van der Waals surface area (Å²) in [7, 11) is 0. The van der Waals surface area contributed by atoms with Gasteiger partial charge in [-0.3, -0.25) is 0 Å². The second kappa shape index (κ2) is 3.97. The molecule has 66 valence electrons. The number of aromatic hydroxyl groups is 1. The van der Waals surface area contributed by atoms with Crippen LogP contribution >= 0.6 is 0 Å². The molecule has 0 aliphatic heterocycles. The SMILES string of the molecule is Cc1cc(O)cc(NCCO)c1. The maximum atomic E-state index is 9.19. The van der Waals surface area contributed by atoms with E-state index < -0.39 is 0 Å². The molecule has 1 rings (SSSR count). The minimum atomic E-state index is 0.0920. The van der Waals surface area contributed by atoms with Crippen LogP contribution in [0.1, 0.15) is 5.56 Å². The summed E-state index contributed by atoms with van der Waals surface area (Å²) in [4.78, 5) is 0. The van der Waals surface area contributed by atoms with Crippen LogP contribution in [0.4, 0.5) is 5.69 Å². The number of rotatable bonds is 3. The quantitative estimate of drug-likeness (QED) is 0.632. The first-order valence-corrected chi connectivity index (χ1v) is 3.88. The summed E-state index contributed by atoms with van der Waals surface area (Å²) in [6, 6.07) is 5.22. The standard InChI is InChI=1S/C9H13NO2/c1-7-4-8(10-2-3-11)6-9(12)5-7/h4-6,10-12H,2-3H2,1H3. The zero-order valence-electron chi connectivity index (χ0n) is 7.04. The summed E-state index contributed by atoms with van der Waals surface area (Å²) < 4.78 is 0. The van der Waals surface area contributed by atoms with Gasteiger partial charge in [-0.2, -0.15) is 0 Å². The predicted octanol–water partition coefficient (Wildman–Crippen LogP) is 1.10. The van der Waals surface area contributed by atoms with Crippen molar-refractivity contribution in [3.8, 4) is 5.75 Å². The van der Waals surface area contributed by atoms with E-state index in [4.69, 9.17) is 5.11 Å². The van der Waals surface area contributed by atoms with Crippen LogP contribution in [0.3, 0.4) is 0 Å². The zero-order valence-corrected chi connectivity index (χ0v) is 7.04. The summed E-state index contributed by atoms with van der Waals surface area (Å²) >= 11 is 0. The molecule has 0 heterocycles. The van der Waals surface area contributed by atoms with E-state index in [0.717, 1.165) is 11.3 Å². The van der Waals surface area contributed by atoms with Crippen molar-refractivity contribution in [2.75, 3.05) is 18.5 Å². The molecule has 3 heteroatoms. The fraction of sp³-hybridized carbons (Fsp3) is 0.333. The lowest BCUT2D eigenvalue weighted by atomic mass is 10.2. The maximum Gasteiger partial charge on any atom is 0.117 e. The molecule has 0 unspecified atom stereocenters. The van der Waals surface area contributed by atoms with E-state index in [0.29, 0.717) is 6.54 Å². The molecule has 0 aromatic heterocycles. The predicted molar refractivity (Wildman–Crippen MR) is 48.4 cm³/mol. The van der Waals surface area contributed by atoms with Crippen LogP contribution in [0.5, 0.6) is 5.75 Å². The van der Waals surface area contributed by atoms with Gasteiger partial charge in [0, 0.05) is 18.3 Å². The van der Waals surface area contributed by atoms with Gasteiger partial charge in [0.2, 0.25) is 0 Å². The Kier molecular flexibility index (Phi) is 2.94. The van der Waals surface area contributed by atoms with E-state index >= 15 is 0 Å². The van der Waals surface area contributed by atoms with Crippen molar-refractivity contribution in [1.29, 1.82) is 0 Å². The van der Waals surface area contributed by atoms with Crippen molar-refractivity contribution >= 4 is 5.69 Å². The van der Waals surface area contributed by atoms with Gasteiger partial charge in [-0.1, -0.05) is 0 Å². The number of phenols is 1. The molecule has 0 spiro atoms. The Morgan fingerprint density at radius 3 is 2.67 bits per heavy atom. The van der Waals surface area contributed by atoms with Gasteiger partial charge in [-0.15, -0.1) is 0 Å². The number of aliphatic hydroxyl groups is 1. The zero-order chi connectivity index (χ0) is 8.97. The molecule has 0 bridgehead atoms. The first kappa shape index (κ1) is 8.87. The van der Waals surface area contributed by atoms with Gasteiger partial charge in [0.15, 0.2) is 0 Å². The van der Waals surface area contributed by atoms with E-state index in [-0.39, 0.29) is 12.4 Å². The highest BCUT2D eigenvalue weighted by molar-refractivity contribution is 5.50. The van der Waals surface area contributed by atoms with E-state index in [9.17, 15) is 5.11 Å². The molecule has 0 amide bonds. The van der Waals surface area contributed by atoms with Crippen molar-refractivity contribution in [3.05, 3.63) is 23.8 Å². The molecule has 12 heavy (non-hydrogen) atoms. The molecule has 0 aliphatic carbocycles. The first-order valence-electron chi connectivity index (χ1n) is 3.88. The summed E-state index contributed by atoms with van der Waals surface area (Å²) in [5.74, 6) is 0.246. The Morgan fingerprint density at radius 1 is 1.33 bits per heavy atom. The molecule has 0 aliphatic rings. The van der Waals surface area contributed by atoms with Crippen LogP contribution in [0.15, 0.2) is 18.2 Å². The third-order valence-electron chi connectivity index (χ3n) is 1.50. The number of anilines is 1. The number of phenolic OH excluding ortho intramolecular Hbond substituents is 1. The van der Waals surface area contributed by atoms with Gasteiger partial charge >= 0.3 is 0 Å². The Bertz CT molecular complexity index is 240. The van der Waals surface area contributed by atoms with Crippen molar-refractivity contribution in [1.82, 2.24) is 0 Å². The average molecular weight is 167 g/mol. The summed E-state index contributed by atoms with van der Waals surface area (Å²) in [5, 5.41) is 20.7. The number of aryl methyl sites for hydroxylation is 1. The van der Waals surface area contributed by atoms with Gasteiger partial charge in [-0.05, 0) is 24.6 Å². The highest BCUT2D eigenvalue weighted by Gasteiger charge is 1.95. The van der Waals surface area contributed by atoms with Gasteiger partial charge in [-0.25, -0.2) is 0 Å². The largest absolute Gasteiger partial charge is 0.508 e. The average Bonchev–Trinajstić information content (AvgIpc) is 1.99. The number of hydrogen-bond donors (Lipinski definition) is 3. The van der Waals surface area contributed by atoms with Crippen molar-refractivity contribution in [2.24, 2.45) is 0 Å². The van der Waals surface area contributed by atoms with E-state index in [1.807, 2.05) is 13.0 Å². The summed E-state index contributed by atoms with van der Waals surface area (Å²) in [5.41, 5.74) is 1.83. The number of hydrogen-bond acceptors (Lipinski definition) is 3. The normalized spacial score (nSPS) is 9.83. The molecule has 0 saturated carbocycles.